The lowest BCUT2D eigenvalue weighted by Crippen LogP contribution is -2.35. The summed E-state index contributed by atoms with van der Waals surface area (Å²) in [6.07, 6.45) is 3.75. The SMILES string of the molecule is CCS(=O)(=O)c1ncc(Cl)c(C(=O)Nc2ccc(S(=O)(=O)N3CCCCC3)cc2)n1. The standard InChI is InChI=1S/C18H21ClN4O5S2/c1-2-29(25,26)18-20-12-15(19)16(22-18)17(24)21-13-6-8-14(9-7-13)30(27,28)23-10-4-3-5-11-23/h6-9,12H,2-5,10-11H2,1H3,(H,21,24). The molecule has 1 aromatic heterocycles. The molecule has 0 bridgehead atoms. The molecule has 1 saturated heterocycles. The van der Waals surface area contributed by atoms with Crippen LogP contribution < -0.4 is 5.32 Å². The number of nitrogens with one attached hydrogen (secondary N) is 1. The maximum atomic E-state index is 12.7. The second kappa shape index (κ2) is 8.96. The van der Waals surface area contributed by atoms with Crippen LogP contribution >= 0.6 is 11.6 Å². The van der Waals surface area contributed by atoms with Gasteiger partial charge in [0.15, 0.2) is 5.69 Å². The van der Waals surface area contributed by atoms with Gasteiger partial charge in [0.2, 0.25) is 25.0 Å². The Kier molecular flexibility index (Phi) is 6.75. The summed E-state index contributed by atoms with van der Waals surface area (Å²) in [6, 6.07) is 5.73. The molecule has 0 spiro atoms. The van der Waals surface area contributed by atoms with E-state index in [1.807, 2.05) is 0 Å². The van der Waals surface area contributed by atoms with Gasteiger partial charge in [-0.05, 0) is 37.1 Å². The highest BCUT2D eigenvalue weighted by Crippen LogP contribution is 2.23. The number of halogens is 1. The summed E-state index contributed by atoms with van der Waals surface area (Å²) in [5, 5.41) is 1.95. The summed E-state index contributed by atoms with van der Waals surface area (Å²) in [7, 11) is -7.29. The van der Waals surface area contributed by atoms with Crippen molar-refractivity contribution < 1.29 is 21.6 Å². The molecule has 2 heterocycles. The first kappa shape index (κ1) is 22.6. The fourth-order valence-corrected chi connectivity index (χ4v) is 5.34. The van der Waals surface area contributed by atoms with Gasteiger partial charge >= 0.3 is 0 Å². The predicted molar refractivity (Wildman–Crippen MR) is 112 cm³/mol. The molecule has 0 unspecified atom stereocenters. The van der Waals surface area contributed by atoms with E-state index in [0.29, 0.717) is 18.8 Å². The van der Waals surface area contributed by atoms with Crippen molar-refractivity contribution in [1.82, 2.24) is 14.3 Å². The number of rotatable bonds is 6. The van der Waals surface area contributed by atoms with E-state index in [4.69, 9.17) is 11.6 Å². The van der Waals surface area contributed by atoms with Gasteiger partial charge in [0, 0.05) is 18.8 Å². The third-order valence-corrected chi connectivity index (χ3v) is 8.36. The first-order valence-electron chi connectivity index (χ1n) is 9.32. The minimum absolute atomic E-state index is 0.105. The summed E-state index contributed by atoms with van der Waals surface area (Å²) < 4.78 is 50.7. The maximum Gasteiger partial charge on any atom is 0.275 e. The van der Waals surface area contributed by atoms with Gasteiger partial charge in [0.05, 0.1) is 21.9 Å². The lowest BCUT2D eigenvalue weighted by atomic mass is 10.2. The number of anilines is 1. The Labute approximate surface area is 180 Å². The Morgan fingerprint density at radius 1 is 1.10 bits per heavy atom. The molecule has 1 N–H and O–H groups in total. The average Bonchev–Trinajstić information content (AvgIpc) is 2.75. The van der Waals surface area contributed by atoms with Crippen LogP contribution in [-0.4, -0.2) is 55.9 Å². The van der Waals surface area contributed by atoms with Crippen molar-refractivity contribution in [2.24, 2.45) is 0 Å². The number of aromatic nitrogens is 2. The smallest absolute Gasteiger partial charge is 0.275 e. The molecular formula is C18H21ClN4O5S2. The molecule has 1 fully saturated rings. The van der Waals surface area contributed by atoms with E-state index in [2.05, 4.69) is 15.3 Å². The topological polar surface area (TPSA) is 126 Å². The summed E-state index contributed by atoms with van der Waals surface area (Å²) in [5.74, 6) is -0.954. The fourth-order valence-electron chi connectivity index (χ4n) is 2.94. The highest BCUT2D eigenvalue weighted by molar-refractivity contribution is 7.91. The molecule has 1 aliphatic rings. The van der Waals surface area contributed by atoms with Crippen molar-refractivity contribution in [3.05, 3.63) is 41.2 Å². The van der Waals surface area contributed by atoms with Gasteiger partial charge in [0.1, 0.15) is 0 Å². The average molecular weight is 473 g/mol. The van der Waals surface area contributed by atoms with Crippen molar-refractivity contribution in [3.63, 3.8) is 0 Å². The first-order chi connectivity index (χ1) is 14.1. The fraction of sp³-hybridized carbons (Fsp3) is 0.389. The van der Waals surface area contributed by atoms with Gasteiger partial charge in [-0.2, -0.15) is 4.31 Å². The van der Waals surface area contributed by atoms with Crippen LogP contribution in [0.5, 0.6) is 0 Å². The van der Waals surface area contributed by atoms with Crippen LogP contribution in [0.15, 0.2) is 40.5 Å². The van der Waals surface area contributed by atoms with Gasteiger partial charge in [-0.3, -0.25) is 4.79 Å². The molecule has 12 heteroatoms. The van der Waals surface area contributed by atoms with E-state index in [9.17, 15) is 21.6 Å². The number of carbonyl (C=O) groups is 1. The molecule has 0 aliphatic carbocycles. The molecular weight excluding hydrogens is 452 g/mol. The Balaban J connectivity index is 1.79. The summed E-state index contributed by atoms with van der Waals surface area (Å²) in [6.45, 7) is 2.43. The molecule has 0 radical (unpaired) electrons. The van der Waals surface area contributed by atoms with E-state index in [1.165, 1.54) is 35.5 Å². The van der Waals surface area contributed by atoms with E-state index in [0.717, 1.165) is 25.5 Å². The van der Waals surface area contributed by atoms with Crippen molar-refractivity contribution in [2.75, 3.05) is 24.2 Å². The zero-order valence-corrected chi connectivity index (χ0v) is 18.6. The van der Waals surface area contributed by atoms with Crippen molar-refractivity contribution in [2.45, 2.75) is 36.2 Å². The van der Waals surface area contributed by atoms with Crippen LogP contribution in [0.1, 0.15) is 36.7 Å². The Morgan fingerprint density at radius 2 is 1.73 bits per heavy atom. The van der Waals surface area contributed by atoms with Gasteiger partial charge < -0.3 is 5.32 Å². The van der Waals surface area contributed by atoms with Crippen LogP contribution in [0.3, 0.4) is 0 Å². The van der Waals surface area contributed by atoms with Crippen LogP contribution in [0.2, 0.25) is 5.02 Å². The van der Waals surface area contributed by atoms with Gasteiger partial charge in [0.25, 0.3) is 5.91 Å². The number of carbonyl (C=O) groups excluding carboxylic acids is 1. The zero-order chi connectivity index (χ0) is 21.9. The van der Waals surface area contributed by atoms with Crippen LogP contribution in [0, 0.1) is 0 Å². The lowest BCUT2D eigenvalue weighted by Gasteiger charge is -2.25. The molecule has 0 atom stereocenters. The predicted octanol–water partition coefficient (Wildman–Crippen LogP) is 2.35. The lowest BCUT2D eigenvalue weighted by molar-refractivity contribution is 0.102. The largest absolute Gasteiger partial charge is 0.321 e. The molecule has 0 saturated carbocycles. The van der Waals surface area contributed by atoms with E-state index >= 15 is 0 Å². The number of sulfone groups is 1. The van der Waals surface area contributed by atoms with Crippen LogP contribution in [-0.2, 0) is 19.9 Å². The number of sulfonamides is 1. The van der Waals surface area contributed by atoms with E-state index in [-0.39, 0.29) is 21.4 Å². The van der Waals surface area contributed by atoms with E-state index in [1.54, 1.807) is 0 Å². The highest BCUT2D eigenvalue weighted by atomic mass is 35.5. The second-order valence-electron chi connectivity index (χ2n) is 6.70. The van der Waals surface area contributed by atoms with Crippen molar-refractivity contribution in [1.29, 1.82) is 0 Å². The Morgan fingerprint density at radius 3 is 2.33 bits per heavy atom. The summed E-state index contributed by atoms with van der Waals surface area (Å²) in [5.41, 5.74) is 0.0240. The van der Waals surface area contributed by atoms with Crippen molar-refractivity contribution in [3.8, 4) is 0 Å². The van der Waals surface area contributed by atoms with E-state index < -0.39 is 30.9 Å². The monoisotopic (exact) mass is 472 g/mol. The number of amides is 1. The quantitative estimate of drug-likeness (QED) is 0.639. The van der Waals surface area contributed by atoms with Gasteiger partial charge in [-0.15, -0.1) is 0 Å². The first-order valence-corrected chi connectivity index (χ1v) is 12.8. The Hall–Kier alpha value is -2.08. The van der Waals surface area contributed by atoms with Gasteiger partial charge in [-0.25, -0.2) is 26.8 Å². The normalized spacial score (nSPS) is 15.7. The highest BCUT2D eigenvalue weighted by Gasteiger charge is 2.26. The van der Waals surface area contributed by atoms with Crippen molar-refractivity contribution >= 4 is 43.1 Å². The zero-order valence-electron chi connectivity index (χ0n) is 16.2. The third kappa shape index (κ3) is 4.80. The van der Waals surface area contributed by atoms with Crippen LogP contribution in [0.4, 0.5) is 5.69 Å². The minimum Gasteiger partial charge on any atom is -0.321 e. The molecule has 1 aromatic carbocycles. The molecule has 9 nitrogen and oxygen atoms in total. The maximum absolute atomic E-state index is 12.7. The second-order valence-corrected chi connectivity index (χ2v) is 11.2. The molecule has 30 heavy (non-hydrogen) atoms. The molecule has 1 amide bonds. The third-order valence-electron chi connectivity index (χ3n) is 4.66. The molecule has 1 aliphatic heterocycles. The minimum atomic E-state index is -3.71. The number of piperidine rings is 1. The number of hydrogen-bond acceptors (Lipinski definition) is 7. The Bertz CT molecular complexity index is 1150. The molecule has 162 valence electrons. The summed E-state index contributed by atoms with van der Waals surface area (Å²) in [4.78, 5) is 20.1. The number of nitrogens with zero attached hydrogens (tertiary/aromatic N) is 3. The molecule has 3 rings (SSSR count). The number of hydrogen-bond donors (Lipinski definition) is 1. The molecule has 2 aromatic rings. The summed E-state index contributed by atoms with van der Waals surface area (Å²) >= 11 is 5.96. The van der Waals surface area contributed by atoms with Gasteiger partial charge in [-0.1, -0.05) is 24.9 Å². The number of benzene rings is 1. The van der Waals surface area contributed by atoms with Crippen LogP contribution in [0.25, 0.3) is 0 Å².